The molecule has 0 amide bonds. The molecule has 0 saturated heterocycles. The molecule has 0 spiro atoms. The average Bonchev–Trinajstić information content (AvgIpc) is 2.13. The van der Waals surface area contributed by atoms with E-state index in [1.165, 1.54) is 6.08 Å². The molecule has 0 heterocycles. The Morgan fingerprint density at radius 1 is 1.47 bits per heavy atom. The zero-order chi connectivity index (χ0) is 13.7. The Morgan fingerprint density at radius 3 is 2.35 bits per heavy atom. The van der Waals surface area contributed by atoms with Gasteiger partial charge in [-0.15, -0.1) is 6.58 Å². The van der Waals surface area contributed by atoms with E-state index in [1.54, 1.807) is 0 Å². The third-order valence-corrected chi connectivity index (χ3v) is 3.53. The number of rotatable bonds is 7. The lowest BCUT2D eigenvalue weighted by Crippen LogP contribution is -2.41. The van der Waals surface area contributed by atoms with Crippen LogP contribution in [0.1, 0.15) is 33.6 Å². The number of carbonyl (C=O) groups is 1. The van der Waals surface area contributed by atoms with Crippen molar-refractivity contribution in [2.24, 2.45) is 5.41 Å². The van der Waals surface area contributed by atoms with E-state index in [1.807, 2.05) is 20.8 Å². The maximum Gasteiger partial charge on any atom is 0.322 e. The van der Waals surface area contributed by atoms with Crippen molar-refractivity contribution in [3.05, 3.63) is 12.7 Å². The fourth-order valence-corrected chi connectivity index (χ4v) is 2.71. The lowest BCUT2D eigenvalue weighted by atomic mass is 9.94. The second-order valence-corrected chi connectivity index (χ2v) is 7.04. The van der Waals surface area contributed by atoms with Crippen LogP contribution in [0.3, 0.4) is 0 Å². The second kappa shape index (κ2) is 6.16. The van der Waals surface area contributed by atoms with Crippen LogP contribution in [0.4, 0.5) is 0 Å². The Balaban J connectivity index is 4.51. The first-order chi connectivity index (χ1) is 7.57. The van der Waals surface area contributed by atoms with E-state index in [0.717, 1.165) is 0 Å². The molecule has 0 aromatic heterocycles. The van der Waals surface area contributed by atoms with Crippen LogP contribution in [-0.2, 0) is 14.8 Å². The van der Waals surface area contributed by atoms with Crippen molar-refractivity contribution in [3.63, 3.8) is 0 Å². The van der Waals surface area contributed by atoms with E-state index < -0.39 is 22.0 Å². The molecule has 100 valence electrons. The minimum Gasteiger partial charge on any atom is -0.480 e. The highest BCUT2D eigenvalue weighted by Crippen LogP contribution is 2.19. The van der Waals surface area contributed by atoms with E-state index in [9.17, 15) is 13.2 Å². The van der Waals surface area contributed by atoms with Crippen LogP contribution in [0.25, 0.3) is 0 Å². The smallest absolute Gasteiger partial charge is 0.322 e. The number of carboxylic acid groups (broad SMARTS) is 1. The van der Waals surface area contributed by atoms with Crippen molar-refractivity contribution < 1.29 is 18.3 Å². The molecule has 0 aromatic rings. The molecule has 0 aliphatic rings. The van der Waals surface area contributed by atoms with Gasteiger partial charge in [0, 0.05) is 0 Å². The van der Waals surface area contributed by atoms with Crippen LogP contribution in [0.5, 0.6) is 0 Å². The van der Waals surface area contributed by atoms with Crippen LogP contribution in [0.15, 0.2) is 12.7 Å². The summed E-state index contributed by atoms with van der Waals surface area (Å²) in [5, 5.41) is 8.82. The van der Waals surface area contributed by atoms with Gasteiger partial charge in [-0.1, -0.05) is 26.8 Å². The molecule has 0 rings (SSSR count). The first kappa shape index (κ1) is 16.1. The van der Waals surface area contributed by atoms with Crippen LogP contribution in [0, 0.1) is 5.41 Å². The number of hydrogen-bond acceptors (Lipinski definition) is 3. The maximum absolute atomic E-state index is 11.7. The Labute approximate surface area is 103 Å². The molecule has 1 unspecified atom stereocenters. The van der Waals surface area contributed by atoms with Gasteiger partial charge < -0.3 is 5.11 Å². The van der Waals surface area contributed by atoms with E-state index in [4.69, 9.17) is 5.11 Å². The Morgan fingerprint density at radius 2 is 2.00 bits per heavy atom. The summed E-state index contributed by atoms with van der Waals surface area (Å²) in [6.07, 6.45) is 1.93. The monoisotopic (exact) mass is 263 g/mol. The molecule has 0 aliphatic heterocycles. The van der Waals surface area contributed by atoms with Crippen molar-refractivity contribution in [2.75, 3.05) is 5.75 Å². The minimum atomic E-state index is -3.56. The molecule has 0 bridgehead atoms. The number of nitrogens with one attached hydrogen (secondary N) is 1. The molecule has 0 aliphatic carbocycles. The van der Waals surface area contributed by atoms with Crippen molar-refractivity contribution in [1.29, 1.82) is 0 Å². The third-order valence-electron chi connectivity index (χ3n) is 2.14. The predicted molar refractivity (Wildman–Crippen MR) is 67.2 cm³/mol. The van der Waals surface area contributed by atoms with Gasteiger partial charge >= 0.3 is 5.97 Å². The molecule has 0 saturated carbocycles. The average molecular weight is 263 g/mol. The van der Waals surface area contributed by atoms with E-state index in [0.29, 0.717) is 6.42 Å². The summed E-state index contributed by atoms with van der Waals surface area (Å²) in [5.41, 5.74) is -0.105. The zero-order valence-electron chi connectivity index (χ0n) is 10.6. The molecule has 1 atom stereocenters. The van der Waals surface area contributed by atoms with Gasteiger partial charge in [0.15, 0.2) is 0 Å². The Kier molecular flexibility index (Phi) is 5.84. The van der Waals surface area contributed by atoms with Gasteiger partial charge in [0.25, 0.3) is 0 Å². The first-order valence-electron chi connectivity index (χ1n) is 5.41. The van der Waals surface area contributed by atoms with Crippen LogP contribution < -0.4 is 4.72 Å². The molecule has 0 fully saturated rings. The number of hydrogen-bond donors (Lipinski definition) is 2. The topological polar surface area (TPSA) is 83.5 Å². The van der Waals surface area contributed by atoms with Gasteiger partial charge in [0.2, 0.25) is 10.0 Å². The van der Waals surface area contributed by atoms with Crippen LogP contribution >= 0.6 is 0 Å². The summed E-state index contributed by atoms with van der Waals surface area (Å²) in [5.74, 6) is -1.26. The fourth-order valence-electron chi connectivity index (χ4n) is 1.08. The summed E-state index contributed by atoms with van der Waals surface area (Å²) in [4.78, 5) is 10.8. The summed E-state index contributed by atoms with van der Waals surface area (Å²) in [6.45, 7) is 9.19. The number of sulfonamides is 1. The zero-order valence-corrected chi connectivity index (χ0v) is 11.4. The first-order valence-corrected chi connectivity index (χ1v) is 7.06. The highest BCUT2D eigenvalue weighted by molar-refractivity contribution is 7.89. The molecule has 5 nitrogen and oxygen atoms in total. The largest absolute Gasteiger partial charge is 0.480 e. The highest BCUT2D eigenvalue weighted by Gasteiger charge is 2.24. The van der Waals surface area contributed by atoms with Gasteiger partial charge in [-0.05, 0) is 18.3 Å². The highest BCUT2D eigenvalue weighted by atomic mass is 32.2. The summed E-state index contributed by atoms with van der Waals surface area (Å²) >= 11 is 0. The lowest BCUT2D eigenvalue weighted by molar-refractivity contribution is -0.138. The molecule has 17 heavy (non-hydrogen) atoms. The molecule has 0 radical (unpaired) electrons. The quantitative estimate of drug-likeness (QED) is 0.679. The summed E-state index contributed by atoms with van der Waals surface area (Å²) < 4.78 is 25.5. The second-order valence-electron chi connectivity index (χ2n) is 5.16. The predicted octanol–water partition coefficient (Wildman–Crippen LogP) is 1.37. The minimum absolute atomic E-state index is 0.0720. The standard InChI is InChI=1S/C11H21NO4S/c1-5-6-9(10(13)14)12-17(15,16)8-7-11(2,3)4/h5,9,12H,1,6-8H2,2-4H3,(H,13,14). The fraction of sp³-hybridized carbons (Fsp3) is 0.727. The molecule has 2 N–H and O–H groups in total. The van der Waals surface area contributed by atoms with E-state index >= 15 is 0 Å². The van der Waals surface area contributed by atoms with Crippen molar-refractivity contribution in [2.45, 2.75) is 39.7 Å². The van der Waals surface area contributed by atoms with Gasteiger partial charge in [-0.3, -0.25) is 4.79 Å². The molecule has 0 aromatic carbocycles. The van der Waals surface area contributed by atoms with Crippen LogP contribution in [-0.4, -0.2) is 31.3 Å². The third kappa shape index (κ3) is 7.93. The van der Waals surface area contributed by atoms with Crippen molar-refractivity contribution in [3.8, 4) is 0 Å². The lowest BCUT2D eigenvalue weighted by Gasteiger charge is -2.19. The number of carboxylic acids is 1. The van der Waals surface area contributed by atoms with Crippen molar-refractivity contribution in [1.82, 2.24) is 4.72 Å². The Bertz CT molecular complexity index is 367. The van der Waals surface area contributed by atoms with Crippen molar-refractivity contribution >= 4 is 16.0 Å². The van der Waals surface area contributed by atoms with E-state index in [2.05, 4.69) is 11.3 Å². The molecular formula is C11H21NO4S. The normalized spacial score (nSPS) is 14.3. The number of aliphatic carboxylic acids is 1. The Hall–Kier alpha value is -0.880. The van der Waals surface area contributed by atoms with E-state index in [-0.39, 0.29) is 17.6 Å². The van der Waals surface area contributed by atoms with Gasteiger partial charge in [-0.25, -0.2) is 13.1 Å². The summed E-state index contributed by atoms with van der Waals surface area (Å²) in [6, 6.07) is -1.13. The SMILES string of the molecule is C=CCC(NS(=O)(=O)CCC(C)(C)C)C(=O)O. The summed E-state index contributed by atoms with van der Waals surface area (Å²) in [7, 11) is -3.56. The molecule has 6 heteroatoms. The molecular weight excluding hydrogens is 242 g/mol. The van der Waals surface area contributed by atoms with Gasteiger partial charge in [0.05, 0.1) is 5.75 Å². The maximum atomic E-state index is 11.7. The van der Waals surface area contributed by atoms with Crippen LogP contribution in [0.2, 0.25) is 0 Å². The van der Waals surface area contributed by atoms with Gasteiger partial charge in [-0.2, -0.15) is 0 Å². The van der Waals surface area contributed by atoms with Gasteiger partial charge in [0.1, 0.15) is 6.04 Å².